The van der Waals surface area contributed by atoms with Gasteiger partial charge in [-0.15, -0.1) is 11.3 Å². The summed E-state index contributed by atoms with van der Waals surface area (Å²) in [4.78, 5) is 16.7. The molecule has 0 aliphatic carbocycles. The minimum absolute atomic E-state index is 0.395. The van der Waals surface area contributed by atoms with Crippen molar-refractivity contribution in [2.75, 3.05) is 12.9 Å². The lowest BCUT2D eigenvalue weighted by Crippen LogP contribution is -2.33. The van der Waals surface area contributed by atoms with Crippen LogP contribution in [0.5, 0.6) is 0 Å². The van der Waals surface area contributed by atoms with Gasteiger partial charge >= 0.3 is 5.97 Å². The normalized spacial score (nSPS) is 12.3. The number of methoxy groups -OCH3 is 1. The third kappa shape index (κ3) is 3.62. The van der Waals surface area contributed by atoms with Gasteiger partial charge < -0.3 is 14.9 Å². The minimum atomic E-state index is -0.603. The molecule has 0 bridgehead atoms. The van der Waals surface area contributed by atoms with Crippen molar-refractivity contribution >= 4 is 29.1 Å². The number of nitrogens with zero attached hydrogens (tertiary/aromatic N) is 1. The van der Waals surface area contributed by atoms with Gasteiger partial charge in [0.05, 0.1) is 17.7 Å². The molecule has 0 fully saturated rings. The van der Waals surface area contributed by atoms with E-state index in [4.69, 9.17) is 10.2 Å². The fourth-order valence-electron chi connectivity index (χ4n) is 1.57. The van der Waals surface area contributed by atoms with E-state index >= 15 is 0 Å². The molecule has 0 spiro atoms. The Morgan fingerprint density at radius 2 is 2.45 bits per heavy atom. The van der Waals surface area contributed by atoms with Gasteiger partial charge in [0, 0.05) is 11.5 Å². The number of aromatic nitrogens is 1. The van der Waals surface area contributed by atoms with Crippen LogP contribution in [0.2, 0.25) is 0 Å². The number of thioether (sulfide) groups is 1. The molecule has 2 rings (SSSR count). The Bertz CT molecular complexity index is 566. The lowest BCUT2D eigenvalue weighted by molar-refractivity contribution is -0.141. The van der Waals surface area contributed by atoms with Crippen LogP contribution in [0.4, 0.5) is 0 Å². The maximum Gasteiger partial charge on any atom is 0.323 e. The van der Waals surface area contributed by atoms with Crippen LogP contribution in [-0.2, 0) is 15.3 Å². The van der Waals surface area contributed by atoms with Gasteiger partial charge in [-0.25, -0.2) is 4.98 Å². The van der Waals surface area contributed by atoms with Crippen molar-refractivity contribution in [3.05, 3.63) is 29.0 Å². The highest BCUT2D eigenvalue weighted by molar-refractivity contribution is 7.98. The van der Waals surface area contributed by atoms with Crippen LogP contribution in [0.3, 0.4) is 0 Å². The van der Waals surface area contributed by atoms with Crippen LogP contribution in [0.15, 0.2) is 21.9 Å². The van der Waals surface area contributed by atoms with Crippen molar-refractivity contribution in [3.63, 3.8) is 0 Å². The largest absolute Gasteiger partial charge is 0.468 e. The summed E-state index contributed by atoms with van der Waals surface area (Å²) >= 11 is 3.13. The molecule has 0 saturated heterocycles. The number of hydrogen-bond donors (Lipinski definition) is 1. The van der Waals surface area contributed by atoms with Crippen molar-refractivity contribution in [1.82, 2.24) is 4.98 Å². The summed E-state index contributed by atoms with van der Waals surface area (Å²) in [7, 11) is 1.34. The molecule has 2 aromatic rings. The van der Waals surface area contributed by atoms with E-state index in [-0.39, 0.29) is 0 Å². The van der Waals surface area contributed by atoms with Crippen molar-refractivity contribution in [1.29, 1.82) is 0 Å². The fourth-order valence-corrected chi connectivity index (χ4v) is 3.19. The molecule has 1 unspecified atom stereocenters. The first-order chi connectivity index (χ1) is 9.61. The highest BCUT2D eigenvalue weighted by Gasteiger charge is 2.16. The van der Waals surface area contributed by atoms with E-state index in [1.54, 1.807) is 11.3 Å². The van der Waals surface area contributed by atoms with Gasteiger partial charge in [0.15, 0.2) is 0 Å². The molecule has 0 radical (unpaired) electrons. The maximum atomic E-state index is 11.2. The van der Waals surface area contributed by atoms with Crippen LogP contribution >= 0.6 is 23.1 Å². The van der Waals surface area contributed by atoms with Crippen LogP contribution in [0, 0.1) is 6.92 Å². The third-order valence-electron chi connectivity index (χ3n) is 2.66. The number of thiophene rings is 1. The van der Waals surface area contributed by atoms with E-state index in [0.717, 1.165) is 16.3 Å². The quantitative estimate of drug-likeness (QED) is 0.825. The predicted octanol–water partition coefficient (Wildman–Crippen LogP) is 2.45. The molecular weight excluding hydrogens is 296 g/mol. The molecule has 2 N–H and O–H groups in total. The zero-order valence-corrected chi connectivity index (χ0v) is 12.9. The van der Waals surface area contributed by atoms with E-state index in [1.165, 1.54) is 18.9 Å². The molecule has 2 heterocycles. The molecule has 0 saturated carbocycles. The average Bonchev–Trinajstić information content (AvgIpc) is 3.07. The van der Waals surface area contributed by atoms with Gasteiger partial charge in [-0.1, -0.05) is 6.07 Å². The lowest BCUT2D eigenvalue weighted by Gasteiger charge is -2.07. The second-order valence-corrected chi connectivity index (χ2v) is 6.12. The summed E-state index contributed by atoms with van der Waals surface area (Å²) in [6.07, 6.45) is 0. The van der Waals surface area contributed by atoms with E-state index < -0.39 is 12.0 Å². The summed E-state index contributed by atoms with van der Waals surface area (Å²) in [6, 6.07) is 3.33. The topological polar surface area (TPSA) is 78.4 Å². The first-order valence-corrected chi connectivity index (χ1v) is 8.06. The zero-order valence-electron chi connectivity index (χ0n) is 11.3. The van der Waals surface area contributed by atoms with Crippen LogP contribution in [0.1, 0.15) is 11.5 Å². The van der Waals surface area contributed by atoms with Gasteiger partial charge in [-0.2, -0.15) is 11.8 Å². The number of hydrogen-bond acceptors (Lipinski definition) is 7. The summed E-state index contributed by atoms with van der Waals surface area (Å²) in [5, 5.41) is 1.98. The highest BCUT2D eigenvalue weighted by Crippen LogP contribution is 2.27. The van der Waals surface area contributed by atoms with Gasteiger partial charge in [-0.05, 0) is 18.4 Å². The minimum Gasteiger partial charge on any atom is -0.468 e. The first kappa shape index (κ1) is 15.1. The highest BCUT2D eigenvalue weighted by atomic mass is 32.2. The van der Waals surface area contributed by atoms with Gasteiger partial charge in [0.25, 0.3) is 0 Å². The molecule has 5 nitrogen and oxygen atoms in total. The van der Waals surface area contributed by atoms with Crippen molar-refractivity contribution in [2.24, 2.45) is 5.73 Å². The Balaban J connectivity index is 1.92. The maximum absolute atomic E-state index is 11.2. The number of ether oxygens (including phenoxy) is 1. The molecule has 7 heteroatoms. The summed E-state index contributed by atoms with van der Waals surface area (Å²) in [6.45, 7) is 1.89. The number of nitrogens with two attached hydrogens (primary N) is 1. The number of carbonyl (C=O) groups is 1. The zero-order chi connectivity index (χ0) is 14.5. The van der Waals surface area contributed by atoms with E-state index in [2.05, 4.69) is 9.72 Å². The number of aryl methyl sites for hydroxylation is 1. The number of rotatable bonds is 6. The van der Waals surface area contributed by atoms with E-state index in [0.29, 0.717) is 17.4 Å². The summed E-state index contributed by atoms with van der Waals surface area (Å²) < 4.78 is 10.2. The molecule has 1 atom stereocenters. The van der Waals surface area contributed by atoms with E-state index in [9.17, 15) is 4.79 Å². The standard InChI is InChI=1S/C13H16N2O3S2/c1-8-10(7-19-6-9(14)13(16)17-2)15-12(18-8)11-4-3-5-20-11/h3-5,9H,6-7,14H2,1-2H3. The molecule has 108 valence electrons. The summed E-state index contributed by atoms with van der Waals surface area (Å²) in [5.74, 6) is 2.20. The van der Waals surface area contributed by atoms with Crippen LogP contribution < -0.4 is 5.73 Å². The summed E-state index contributed by atoms with van der Waals surface area (Å²) in [5.41, 5.74) is 6.56. The Morgan fingerprint density at radius 3 is 3.10 bits per heavy atom. The molecule has 20 heavy (non-hydrogen) atoms. The monoisotopic (exact) mass is 312 g/mol. The number of carbonyl (C=O) groups excluding carboxylic acids is 1. The van der Waals surface area contributed by atoms with Crippen molar-refractivity contribution < 1.29 is 13.9 Å². The van der Waals surface area contributed by atoms with Gasteiger partial charge in [0.2, 0.25) is 5.89 Å². The molecule has 2 aromatic heterocycles. The Labute approximate surface area is 125 Å². The molecule has 0 aliphatic heterocycles. The fraction of sp³-hybridized carbons (Fsp3) is 0.385. The predicted molar refractivity (Wildman–Crippen MR) is 80.7 cm³/mol. The third-order valence-corrected chi connectivity index (χ3v) is 4.59. The first-order valence-electron chi connectivity index (χ1n) is 6.03. The van der Waals surface area contributed by atoms with Crippen molar-refractivity contribution in [2.45, 2.75) is 18.7 Å². The second-order valence-electron chi connectivity index (χ2n) is 4.14. The van der Waals surface area contributed by atoms with Gasteiger partial charge in [-0.3, -0.25) is 4.79 Å². The molecule has 0 aromatic carbocycles. The number of oxazole rings is 1. The Hall–Kier alpha value is -1.31. The lowest BCUT2D eigenvalue weighted by atomic mass is 10.4. The Morgan fingerprint density at radius 1 is 1.65 bits per heavy atom. The smallest absolute Gasteiger partial charge is 0.323 e. The van der Waals surface area contributed by atoms with E-state index in [1.807, 2.05) is 24.4 Å². The van der Waals surface area contributed by atoms with Crippen LogP contribution in [0.25, 0.3) is 10.8 Å². The molecular formula is C13H16N2O3S2. The SMILES string of the molecule is COC(=O)C(N)CSCc1nc(-c2cccs2)oc1C. The van der Waals surface area contributed by atoms with Gasteiger partial charge in [0.1, 0.15) is 11.8 Å². The number of esters is 1. The average molecular weight is 312 g/mol. The van der Waals surface area contributed by atoms with Crippen LogP contribution in [-0.4, -0.2) is 29.9 Å². The Kier molecular flexibility index (Phi) is 5.22. The van der Waals surface area contributed by atoms with Crippen molar-refractivity contribution in [3.8, 4) is 10.8 Å². The molecule has 0 amide bonds. The molecule has 0 aliphatic rings. The second kappa shape index (κ2) is 6.92.